The van der Waals surface area contributed by atoms with Gasteiger partial charge in [0, 0.05) is 41.1 Å². The SMILES string of the molecule is O=C(NCc1cn(-c2ccccc2)nc1-c1ccncc1)c1cc2c(s1)CCCC2. The summed E-state index contributed by atoms with van der Waals surface area (Å²) in [6, 6.07) is 16.0. The Labute approximate surface area is 179 Å². The highest BCUT2D eigenvalue weighted by atomic mass is 32.1. The maximum Gasteiger partial charge on any atom is 0.261 e. The van der Waals surface area contributed by atoms with E-state index in [2.05, 4.69) is 16.4 Å². The highest BCUT2D eigenvalue weighted by molar-refractivity contribution is 7.14. The summed E-state index contributed by atoms with van der Waals surface area (Å²) in [4.78, 5) is 19.1. The lowest BCUT2D eigenvalue weighted by molar-refractivity contribution is 0.0955. The molecule has 0 unspecified atom stereocenters. The quantitative estimate of drug-likeness (QED) is 0.510. The van der Waals surface area contributed by atoms with E-state index in [1.807, 2.05) is 53.3 Å². The summed E-state index contributed by atoms with van der Waals surface area (Å²) in [5, 5.41) is 7.90. The first-order chi connectivity index (χ1) is 14.8. The molecule has 150 valence electrons. The van der Waals surface area contributed by atoms with Crippen LogP contribution in [0.2, 0.25) is 0 Å². The lowest BCUT2D eigenvalue weighted by Crippen LogP contribution is -2.21. The molecule has 1 aliphatic rings. The number of para-hydroxylation sites is 1. The number of thiophene rings is 1. The molecule has 0 bridgehead atoms. The van der Waals surface area contributed by atoms with Gasteiger partial charge in [-0.15, -0.1) is 11.3 Å². The summed E-state index contributed by atoms with van der Waals surface area (Å²) < 4.78 is 1.86. The van der Waals surface area contributed by atoms with Crippen LogP contribution in [-0.4, -0.2) is 20.7 Å². The maximum absolute atomic E-state index is 12.8. The highest BCUT2D eigenvalue weighted by Crippen LogP contribution is 2.30. The van der Waals surface area contributed by atoms with Gasteiger partial charge in [0.15, 0.2) is 0 Å². The lowest BCUT2D eigenvalue weighted by atomic mass is 9.99. The average molecular weight is 415 g/mol. The fraction of sp³-hybridized carbons (Fsp3) is 0.208. The second-order valence-electron chi connectivity index (χ2n) is 7.47. The molecule has 5 nitrogen and oxygen atoms in total. The fourth-order valence-electron chi connectivity index (χ4n) is 3.87. The summed E-state index contributed by atoms with van der Waals surface area (Å²) in [7, 11) is 0. The smallest absolute Gasteiger partial charge is 0.261 e. The van der Waals surface area contributed by atoms with Gasteiger partial charge in [0.05, 0.1) is 16.3 Å². The zero-order chi connectivity index (χ0) is 20.3. The summed E-state index contributed by atoms with van der Waals surface area (Å²) in [5.74, 6) is -0.0115. The van der Waals surface area contributed by atoms with Crippen LogP contribution in [-0.2, 0) is 19.4 Å². The monoisotopic (exact) mass is 414 g/mol. The number of pyridine rings is 1. The van der Waals surface area contributed by atoms with Gasteiger partial charge < -0.3 is 5.32 Å². The number of nitrogens with one attached hydrogen (secondary N) is 1. The molecule has 1 aliphatic carbocycles. The van der Waals surface area contributed by atoms with Gasteiger partial charge in [-0.05, 0) is 61.6 Å². The Hall–Kier alpha value is -3.25. The first-order valence-electron chi connectivity index (χ1n) is 10.2. The average Bonchev–Trinajstić information content (AvgIpc) is 3.43. The maximum atomic E-state index is 12.8. The van der Waals surface area contributed by atoms with E-state index in [9.17, 15) is 4.79 Å². The third-order valence-electron chi connectivity index (χ3n) is 5.42. The van der Waals surface area contributed by atoms with E-state index in [0.717, 1.165) is 40.2 Å². The number of amides is 1. The minimum Gasteiger partial charge on any atom is -0.347 e. The van der Waals surface area contributed by atoms with Crippen LogP contribution in [0, 0.1) is 0 Å². The number of rotatable bonds is 5. The molecule has 3 heterocycles. The molecule has 3 aromatic heterocycles. The summed E-state index contributed by atoms with van der Waals surface area (Å²) in [5.41, 5.74) is 5.14. The number of aromatic nitrogens is 3. The van der Waals surface area contributed by atoms with Crippen molar-refractivity contribution in [2.75, 3.05) is 0 Å². The molecule has 0 aliphatic heterocycles. The molecule has 0 atom stereocenters. The standard InChI is InChI=1S/C24H22N4OS/c29-24(22-14-18-6-4-5-9-21(18)30-22)26-15-19-16-28(20-7-2-1-3-8-20)27-23(19)17-10-12-25-13-11-17/h1-3,7-8,10-14,16H,4-6,9,15H2,(H,26,29). The molecule has 4 aromatic rings. The molecule has 0 fully saturated rings. The number of aryl methyl sites for hydroxylation is 2. The van der Waals surface area contributed by atoms with Crippen molar-refractivity contribution >= 4 is 17.2 Å². The van der Waals surface area contributed by atoms with Crippen LogP contribution in [0.4, 0.5) is 0 Å². The largest absolute Gasteiger partial charge is 0.347 e. The Morgan fingerprint density at radius 3 is 2.67 bits per heavy atom. The molecule has 5 rings (SSSR count). The fourth-order valence-corrected chi connectivity index (χ4v) is 5.04. The molecular formula is C24H22N4OS. The van der Waals surface area contributed by atoms with E-state index in [-0.39, 0.29) is 5.91 Å². The van der Waals surface area contributed by atoms with Crippen LogP contribution in [0.1, 0.15) is 38.5 Å². The van der Waals surface area contributed by atoms with Gasteiger partial charge in [0.2, 0.25) is 0 Å². The van der Waals surface area contributed by atoms with Crippen molar-refractivity contribution in [1.29, 1.82) is 0 Å². The Balaban J connectivity index is 1.41. The van der Waals surface area contributed by atoms with Crippen molar-refractivity contribution < 1.29 is 4.79 Å². The van der Waals surface area contributed by atoms with E-state index in [1.54, 1.807) is 23.7 Å². The number of fused-ring (bicyclic) bond motifs is 1. The molecular weight excluding hydrogens is 392 g/mol. The first kappa shape index (κ1) is 18.8. The van der Waals surface area contributed by atoms with Crippen LogP contribution in [0.15, 0.2) is 67.1 Å². The van der Waals surface area contributed by atoms with E-state index < -0.39 is 0 Å². The molecule has 1 N–H and O–H groups in total. The molecule has 0 saturated carbocycles. The van der Waals surface area contributed by atoms with Gasteiger partial charge in [0.25, 0.3) is 5.91 Å². The zero-order valence-electron chi connectivity index (χ0n) is 16.5. The summed E-state index contributed by atoms with van der Waals surface area (Å²) >= 11 is 1.64. The summed E-state index contributed by atoms with van der Waals surface area (Å²) in [6.07, 6.45) is 10.1. The van der Waals surface area contributed by atoms with Crippen LogP contribution in [0.25, 0.3) is 16.9 Å². The Bertz CT molecular complexity index is 1140. The molecule has 1 amide bonds. The van der Waals surface area contributed by atoms with E-state index in [0.29, 0.717) is 6.54 Å². The van der Waals surface area contributed by atoms with Crippen molar-refractivity contribution in [1.82, 2.24) is 20.1 Å². The predicted molar refractivity (Wildman–Crippen MR) is 119 cm³/mol. The number of hydrogen-bond acceptors (Lipinski definition) is 4. The topological polar surface area (TPSA) is 59.8 Å². The highest BCUT2D eigenvalue weighted by Gasteiger charge is 2.18. The normalized spacial score (nSPS) is 13.1. The minimum absolute atomic E-state index is 0.0115. The van der Waals surface area contributed by atoms with Crippen LogP contribution < -0.4 is 5.32 Å². The predicted octanol–water partition coefficient (Wildman–Crippen LogP) is 4.80. The van der Waals surface area contributed by atoms with Crippen LogP contribution in [0.5, 0.6) is 0 Å². The third kappa shape index (κ3) is 3.78. The number of carbonyl (C=O) groups excluding carboxylic acids is 1. The van der Waals surface area contributed by atoms with Gasteiger partial charge >= 0.3 is 0 Å². The third-order valence-corrected chi connectivity index (χ3v) is 6.66. The van der Waals surface area contributed by atoms with Crippen molar-refractivity contribution in [3.63, 3.8) is 0 Å². The van der Waals surface area contributed by atoms with E-state index >= 15 is 0 Å². The Morgan fingerprint density at radius 1 is 1.07 bits per heavy atom. The summed E-state index contributed by atoms with van der Waals surface area (Å²) in [6.45, 7) is 0.423. The Morgan fingerprint density at radius 2 is 1.87 bits per heavy atom. The van der Waals surface area contributed by atoms with Gasteiger partial charge in [-0.1, -0.05) is 18.2 Å². The number of hydrogen-bond donors (Lipinski definition) is 1. The zero-order valence-corrected chi connectivity index (χ0v) is 17.4. The molecule has 0 saturated heterocycles. The number of benzene rings is 1. The van der Waals surface area contributed by atoms with Crippen LogP contribution in [0.3, 0.4) is 0 Å². The van der Waals surface area contributed by atoms with Crippen LogP contribution >= 0.6 is 11.3 Å². The van der Waals surface area contributed by atoms with Gasteiger partial charge in [0.1, 0.15) is 0 Å². The molecule has 0 spiro atoms. The van der Waals surface area contributed by atoms with Crippen molar-refractivity contribution in [2.24, 2.45) is 0 Å². The molecule has 1 aromatic carbocycles. The van der Waals surface area contributed by atoms with E-state index in [4.69, 9.17) is 5.10 Å². The van der Waals surface area contributed by atoms with Crippen molar-refractivity contribution in [3.8, 4) is 16.9 Å². The minimum atomic E-state index is -0.0115. The van der Waals surface area contributed by atoms with Gasteiger partial charge in [-0.2, -0.15) is 5.10 Å². The molecule has 30 heavy (non-hydrogen) atoms. The number of carbonyl (C=O) groups is 1. The second kappa shape index (κ2) is 8.24. The first-order valence-corrected chi connectivity index (χ1v) is 11.0. The van der Waals surface area contributed by atoms with Gasteiger partial charge in [-0.3, -0.25) is 9.78 Å². The lowest BCUT2D eigenvalue weighted by Gasteiger charge is -2.08. The molecule has 0 radical (unpaired) electrons. The van der Waals surface area contributed by atoms with Gasteiger partial charge in [-0.25, -0.2) is 4.68 Å². The Kier molecular flexibility index (Phi) is 5.15. The van der Waals surface area contributed by atoms with Crippen molar-refractivity contribution in [2.45, 2.75) is 32.2 Å². The van der Waals surface area contributed by atoms with E-state index in [1.165, 1.54) is 23.3 Å². The number of nitrogens with zero attached hydrogens (tertiary/aromatic N) is 3. The second-order valence-corrected chi connectivity index (χ2v) is 8.60. The van der Waals surface area contributed by atoms with Crippen molar-refractivity contribution in [3.05, 3.63) is 88.0 Å². The molecule has 6 heteroatoms.